The maximum atomic E-state index is 12.3. The van der Waals surface area contributed by atoms with E-state index in [0.29, 0.717) is 18.5 Å². The summed E-state index contributed by atoms with van der Waals surface area (Å²) in [5, 5.41) is 12.7. The molecular weight excluding hydrogens is 243 g/mol. The summed E-state index contributed by atoms with van der Waals surface area (Å²) in [6.45, 7) is 3.30. The van der Waals surface area contributed by atoms with E-state index in [1.54, 1.807) is 0 Å². The number of hydrogen-bond donors (Lipinski definition) is 2. The molecule has 2 nitrogen and oxygen atoms in total. The van der Waals surface area contributed by atoms with E-state index < -0.39 is 17.8 Å². The SMILES string of the molecule is CCCNCC(O)Cc1ccc(C(F)(F)F)cc1. The van der Waals surface area contributed by atoms with E-state index >= 15 is 0 Å². The minimum Gasteiger partial charge on any atom is -0.391 e. The van der Waals surface area contributed by atoms with Crippen LogP contribution in [0.5, 0.6) is 0 Å². The summed E-state index contributed by atoms with van der Waals surface area (Å²) in [7, 11) is 0. The first-order chi connectivity index (χ1) is 8.43. The van der Waals surface area contributed by atoms with E-state index in [2.05, 4.69) is 5.32 Å². The van der Waals surface area contributed by atoms with E-state index in [1.807, 2.05) is 6.92 Å². The lowest BCUT2D eigenvalue weighted by atomic mass is 10.1. The van der Waals surface area contributed by atoms with Crippen LogP contribution in [0.4, 0.5) is 13.2 Å². The van der Waals surface area contributed by atoms with Gasteiger partial charge in [-0.1, -0.05) is 19.1 Å². The summed E-state index contributed by atoms with van der Waals surface area (Å²) in [6, 6.07) is 4.90. The molecule has 0 radical (unpaired) electrons. The maximum absolute atomic E-state index is 12.3. The van der Waals surface area contributed by atoms with Crippen molar-refractivity contribution in [2.24, 2.45) is 0 Å². The molecule has 0 aromatic heterocycles. The van der Waals surface area contributed by atoms with Crippen molar-refractivity contribution in [3.63, 3.8) is 0 Å². The van der Waals surface area contributed by atoms with Crippen LogP contribution in [0, 0.1) is 0 Å². The summed E-state index contributed by atoms with van der Waals surface area (Å²) in [4.78, 5) is 0. The number of aliphatic hydroxyl groups is 1. The molecule has 0 aliphatic carbocycles. The highest BCUT2D eigenvalue weighted by molar-refractivity contribution is 5.25. The van der Waals surface area contributed by atoms with Gasteiger partial charge in [0.25, 0.3) is 0 Å². The summed E-state index contributed by atoms with van der Waals surface area (Å²) in [5.74, 6) is 0. The Bertz CT molecular complexity index is 348. The minimum atomic E-state index is -4.31. The van der Waals surface area contributed by atoms with Crippen molar-refractivity contribution < 1.29 is 18.3 Å². The molecule has 18 heavy (non-hydrogen) atoms. The Balaban J connectivity index is 2.48. The Kier molecular flexibility index (Phi) is 5.62. The van der Waals surface area contributed by atoms with Gasteiger partial charge < -0.3 is 10.4 Å². The molecule has 1 atom stereocenters. The van der Waals surface area contributed by atoms with Crippen molar-refractivity contribution in [2.75, 3.05) is 13.1 Å². The Labute approximate surface area is 105 Å². The molecule has 0 aliphatic heterocycles. The first-order valence-electron chi connectivity index (χ1n) is 5.98. The summed E-state index contributed by atoms with van der Waals surface area (Å²) < 4.78 is 37.0. The second-order valence-electron chi connectivity index (χ2n) is 4.26. The molecule has 0 fully saturated rings. The molecule has 0 aliphatic rings. The summed E-state index contributed by atoms with van der Waals surface area (Å²) in [5.41, 5.74) is 0.0404. The molecule has 0 saturated heterocycles. The Morgan fingerprint density at radius 1 is 1.22 bits per heavy atom. The van der Waals surface area contributed by atoms with E-state index in [4.69, 9.17) is 0 Å². The number of alkyl halides is 3. The highest BCUT2D eigenvalue weighted by atomic mass is 19.4. The number of hydrogen-bond acceptors (Lipinski definition) is 2. The Morgan fingerprint density at radius 3 is 2.33 bits per heavy atom. The second kappa shape index (κ2) is 6.75. The molecule has 0 amide bonds. The number of rotatable bonds is 6. The van der Waals surface area contributed by atoms with Gasteiger partial charge in [0.2, 0.25) is 0 Å². The smallest absolute Gasteiger partial charge is 0.391 e. The summed E-state index contributed by atoms with van der Waals surface area (Å²) in [6.07, 6.45) is -3.55. The lowest BCUT2D eigenvalue weighted by Crippen LogP contribution is -2.28. The predicted molar refractivity (Wildman–Crippen MR) is 64.3 cm³/mol. The van der Waals surface area contributed by atoms with E-state index in [-0.39, 0.29) is 0 Å². The Morgan fingerprint density at radius 2 is 1.83 bits per heavy atom. The van der Waals surface area contributed by atoms with Crippen molar-refractivity contribution in [1.29, 1.82) is 0 Å². The number of benzene rings is 1. The van der Waals surface area contributed by atoms with Crippen LogP contribution < -0.4 is 5.32 Å². The highest BCUT2D eigenvalue weighted by Gasteiger charge is 2.29. The molecule has 1 rings (SSSR count). The fraction of sp³-hybridized carbons (Fsp3) is 0.538. The topological polar surface area (TPSA) is 32.3 Å². The first kappa shape index (κ1) is 15.0. The first-order valence-corrected chi connectivity index (χ1v) is 5.98. The minimum absolute atomic E-state index is 0.356. The molecule has 102 valence electrons. The maximum Gasteiger partial charge on any atom is 0.416 e. The average Bonchev–Trinajstić information content (AvgIpc) is 2.29. The van der Waals surface area contributed by atoms with Crippen molar-refractivity contribution in [3.05, 3.63) is 35.4 Å². The van der Waals surface area contributed by atoms with Crippen molar-refractivity contribution in [3.8, 4) is 0 Å². The largest absolute Gasteiger partial charge is 0.416 e. The monoisotopic (exact) mass is 261 g/mol. The molecule has 5 heteroatoms. The lowest BCUT2D eigenvalue weighted by molar-refractivity contribution is -0.137. The van der Waals surface area contributed by atoms with Gasteiger partial charge in [0.15, 0.2) is 0 Å². The molecule has 1 unspecified atom stereocenters. The quantitative estimate of drug-likeness (QED) is 0.771. The van der Waals surface area contributed by atoms with E-state index in [0.717, 1.165) is 25.1 Å². The van der Waals surface area contributed by atoms with Crippen LogP contribution in [0.2, 0.25) is 0 Å². The zero-order valence-electron chi connectivity index (χ0n) is 10.3. The zero-order chi connectivity index (χ0) is 13.6. The molecule has 0 heterocycles. The normalized spacial score (nSPS) is 13.6. The molecule has 2 N–H and O–H groups in total. The van der Waals surface area contributed by atoms with Crippen LogP contribution in [0.25, 0.3) is 0 Å². The van der Waals surface area contributed by atoms with E-state index in [9.17, 15) is 18.3 Å². The van der Waals surface area contributed by atoms with Crippen LogP contribution in [-0.2, 0) is 12.6 Å². The third kappa shape index (κ3) is 5.06. The fourth-order valence-corrected chi connectivity index (χ4v) is 1.62. The molecule has 0 spiro atoms. The van der Waals surface area contributed by atoms with Gasteiger partial charge >= 0.3 is 6.18 Å². The van der Waals surface area contributed by atoms with Gasteiger partial charge in [0, 0.05) is 6.54 Å². The number of nitrogens with one attached hydrogen (secondary N) is 1. The third-order valence-corrected chi connectivity index (χ3v) is 2.56. The van der Waals surface area contributed by atoms with Crippen LogP contribution in [0.3, 0.4) is 0 Å². The van der Waals surface area contributed by atoms with Crippen molar-refractivity contribution in [2.45, 2.75) is 32.0 Å². The average molecular weight is 261 g/mol. The highest BCUT2D eigenvalue weighted by Crippen LogP contribution is 2.29. The molecule has 0 saturated carbocycles. The predicted octanol–water partition coefficient (Wildman–Crippen LogP) is 2.61. The fourth-order valence-electron chi connectivity index (χ4n) is 1.62. The van der Waals surface area contributed by atoms with Crippen molar-refractivity contribution in [1.82, 2.24) is 5.32 Å². The molecule has 1 aromatic carbocycles. The van der Waals surface area contributed by atoms with Gasteiger partial charge in [-0.25, -0.2) is 0 Å². The zero-order valence-corrected chi connectivity index (χ0v) is 10.3. The van der Waals surface area contributed by atoms with Crippen LogP contribution in [-0.4, -0.2) is 24.3 Å². The van der Waals surface area contributed by atoms with Gasteiger partial charge in [-0.2, -0.15) is 13.2 Å². The van der Waals surface area contributed by atoms with Gasteiger partial charge in [-0.15, -0.1) is 0 Å². The standard InChI is InChI=1S/C13H18F3NO/c1-2-7-17-9-12(18)8-10-3-5-11(6-4-10)13(14,15)16/h3-6,12,17-18H,2,7-9H2,1H3. The van der Waals surface area contributed by atoms with E-state index in [1.165, 1.54) is 12.1 Å². The van der Waals surface area contributed by atoms with Gasteiger partial charge in [0.05, 0.1) is 11.7 Å². The lowest BCUT2D eigenvalue weighted by Gasteiger charge is -2.12. The van der Waals surface area contributed by atoms with Crippen LogP contribution in [0.1, 0.15) is 24.5 Å². The third-order valence-electron chi connectivity index (χ3n) is 2.56. The Hall–Kier alpha value is -1.07. The van der Waals surface area contributed by atoms with Crippen LogP contribution >= 0.6 is 0 Å². The van der Waals surface area contributed by atoms with Crippen LogP contribution in [0.15, 0.2) is 24.3 Å². The summed E-state index contributed by atoms with van der Waals surface area (Å²) >= 11 is 0. The molecule has 1 aromatic rings. The number of halogens is 3. The van der Waals surface area contributed by atoms with Crippen molar-refractivity contribution >= 4 is 0 Å². The van der Waals surface area contributed by atoms with Gasteiger partial charge in [0.1, 0.15) is 0 Å². The van der Waals surface area contributed by atoms with Gasteiger partial charge in [-0.3, -0.25) is 0 Å². The van der Waals surface area contributed by atoms with Gasteiger partial charge in [-0.05, 0) is 37.1 Å². The molecular formula is C13H18F3NO. The second-order valence-corrected chi connectivity index (χ2v) is 4.26. The number of aliphatic hydroxyl groups excluding tert-OH is 1. The molecule has 0 bridgehead atoms.